The summed E-state index contributed by atoms with van der Waals surface area (Å²) in [5.74, 6) is 0. The summed E-state index contributed by atoms with van der Waals surface area (Å²) >= 11 is 0. The van der Waals surface area contributed by atoms with Crippen LogP contribution < -0.4 is 17.1 Å². The second-order valence-electron chi connectivity index (χ2n) is 8.58. The van der Waals surface area contributed by atoms with E-state index < -0.39 is 53.5 Å². The number of ether oxygens (including phenoxy) is 2. The van der Waals surface area contributed by atoms with Crippen LogP contribution >= 0.6 is 0 Å². The number of hydrogen-bond donors (Lipinski definition) is 0. The van der Waals surface area contributed by atoms with Gasteiger partial charge >= 0.3 is 25.6 Å². The summed E-state index contributed by atoms with van der Waals surface area (Å²) in [6.07, 6.45) is 0.179. The lowest BCUT2D eigenvalue weighted by atomic mass is 10.4. The average Bonchev–Trinajstić information content (AvgIpc) is 3.59. The van der Waals surface area contributed by atoms with Gasteiger partial charge in [-0.05, 0) is 38.7 Å². The van der Waals surface area contributed by atoms with Gasteiger partial charge in [-0.15, -0.1) is 0 Å². The molecule has 4 atom stereocenters. The molecule has 0 aliphatic carbocycles. The molecule has 4 unspecified atom stereocenters. The Labute approximate surface area is 191 Å². The van der Waals surface area contributed by atoms with Gasteiger partial charge in [0.15, 0.2) is 0 Å². The van der Waals surface area contributed by atoms with E-state index in [2.05, 4.69) is 0 Å². The summed E-state index contributed by atoms with van der Waals surface area (Å²) in [6.45, 7) is 9.38. The van der Waals surface area contributed by atoms with Crippen molar-refractivity contribution < 1.29 is 25.9 Å². The minimum atomic E-state index is -2.57. The van der Waals surface area contributed by atoms with E-state index in [1.165, 1.54) is 0 Å². The van der Waals surface area contributed by atoms with E-state index in [0.29, 0.717) is 25.7 Å². The van der Waals surface area contributed by atoms with Gasteiger partial charge in [0, 0.05) is 6.54 Å². The van der Waals surface area contributed by atoms with E-state index in [9.17, 15) is 14.4 Å². The summed E-state index contributed by atoms with van der Waals surface area (Å²) in [7, 11) is -8.02. The Bertz CT molecular complexity index is 940. The van der Waals surface area contributed by atoms with E-state index in [1.54, 1.807) is 0 Å². The fraction of sp³-hybridized carbons (Fsp3) is 0.812. The second kappa shape index (κ2) is 9.72. The van der Waals surface area contributed by atoms with E-state index in [1.807, 2.05) is 26.2 Å². The van der Waals surface area contributed by atoms with Crippen LogP contribution in [0.15, 0.2) is 14.4 Å². The van der Waals surface area contributed by atoms with Crippen LogP contribution in [0.25, 0.3) is 0 Å². The first-order valence-corrected chi connectivity index (χ1v) is 19.8. The fourth-order valence-electron chi connectivity index (χ4n) is 3.97. The summed E-state index contributed by atoms with van der Waals surface area (Å²) in [5.41, 5.74) is -1.82. The van der Waals surface area contributed by atoms with Gasteiger partial charge in [0.1, 0.15) is 0 Å². The smallest absolute Gasteiger partial charge is 0.336 e. The highest BCUT2D eigenvalue weighted by Gasteiger charge is 2.39. The summed E-state index contributed by atoms with van der Waals surface area (Å²) in [5, 5.41) is 0. The van der Waals surface area contributed by atoms with Gasteiger partial charge in [-0.2, -0.15) is 0 Å². The lowest BCUT2D eigenvalue weighted by Gasteiger charge is -2.37. The molecule has 4 heterocycles. The van der Waals surface area contributed by atoms with Crippen LogP contribution in [0.5, 0.6) is 0 Å². The third-order valence-corrected chi connectivity index (χ3v) is 19.6. The molecule has 3 aliphatic rings. The second-order valence-corrected chi connectivity index (χ2v) is 18.8. The van der Waals surface area contributed by atoms with Gasteiger partial charge in [0.2, 0.25) is 0 Å². The van der Waals surface area contributed by atoms with Gasteiger partial charge in [-0.3, -0.25) is 0 Å². The van der Waals surface area contributed by atoms with Crippen molar-refractivity contribution in [3.63, 3.8) is 0 Å². The topological polar surface area (TPSA) is 128 Å². The van der Waals surface area contributed by atoms with Crippen LogP contribution in [-0.2, 0) is 45.6 Å². The predicted octanol–water partition coefficient (Wildman–Crippen LogP) is -1.94. The average molecular weight is 522 g/mol. The molecule has 16 heteroatoms. The minimum absolute atomic E-state index is 0.144. The van der Waals surface area contributed by atoms with Crippen LogP contribution in [0.3, 0.4) is 0 Å². The van der Waals surface area contributed by atoms with Crippen molar-refractivity contribution in [2.45, 2.75) is 70.5 Å². The Balaban J connectivity index is 1.52. The van der Waals surface area contributed by atoms with Crippen molar-refractivity contribution >= 4 is 36.4 Å². The summed E-state index contributed by atoms with van der Waals surface area (Å²) < 4.78 is 38.1. The molecule has 4 rings (SSSR count). The number of hydrogen-bond acceptors (Lipinski definition) is 9. The van der Waals surface area contributed by atoms with Crippen LogP contribution in [0, 0.1) is 0 Å². The molecule has 3 aliphatic heterocycles. The summed E-state index contributed by atoms with van der Waals surface area (Å²) in [4.78, 5) is 38.8. The van der Waals surface area contributed by atoms with Crippen molar-refractivity contribution in [2.24, 2.45) is 0 Å². The zero-order chi connectivity index (χ0) is 23.0. The van der Waals surface area contributed by atoms with E-state index >= 15 is 0 Å². The molecule has 1 aromatic heterocycles. The highest BCUT2D eigenvalue weighted by atomic mass is 28.5. The van der Waals surface area contributed by atoms with Crippen molar-refractivity contribution in [1.82, 2.24) is 13.7 Å². The van der Waals surface area contributed by atoms with Crippen molar-refractivity contribution in [2.75, 3.05) is 13.2 Å². The van der Waals surface area contributed by atoms with Gasteiger partial charge < -0.3 is 25.9 Å². The SMILES string of the molecule is C[SiH]1O[SiH](C)O[Si](C)(CCCn2c(=O)n(CC3CO3)c(=O)n(CC3CO3)c2=O)O[SiH](C)O1. The molecule has 0 radical (unpaired) electrons. The van der Waals surface area contributed by atoms with Gasteiger partial charge in [0.05, 0.1) is 38.5 Å². The lowest BCUT2D eigenvalue weighted by Crippen LogP contribution is -2.56. The molecule has 0 amide bonds. The third-order valence-electron chi connectivity index (χ3n) is 5.57. The van der Waals surface area contributed by atoms with E-state index in [0.717, 1.165) is 13.7 Å². The molecule has 0 saturated carbocycles. The molecule has 0 bridgehead atoms. The maximum Gasteiger partial charge on any atom is 0.336 e. The third kappa shape index (κ3) is 5.93. The minimum Gasteiger partial charge on any atom is -0.420 e. The van der Waals surface area contributed by atoms with Gasteiger partial charge in [0.25, 0.3) is 27.9 Å². The Morgan fingerprint density at radius 1 is 0.812 bits per heavy atom. The van der Waals surface area contributed by atoms with Crippen molar-refractivity contribution in [3.8, 4) is 0 Å². The molecule has 0 aromatic carbocycles. The molecule has 180 valence electrons. The molecule has 0 N–H and O–H groups in total. The highest BCUT2D eigenvalue weighted by molar-refractivity contribution is 6.81. The first-order valence-electron chi connectivity index (χ1n) is 11.0. The molecule has 32 heavy (non-hydrogen) atoms. The molecule has 3 saturated heterocycles. The summed E-state index contributed by atoms with van der Waals surface area (Å²) in [6, 6.07) is 0.590. The number of rotatable bonds is 8. The molecule has 0 spiro atoms. The molecule has 3 fully saturated rings. The van der Waals surface area contributed by atoms with E-state index in [4.69, 9.17) is 25.9 Å². The van der Waals surface area contributed by atoms with Crippen LogP contribution in [0.4, 0.5) is 0 Å². The predicted molar refractivity (Wildman–Crippen MR) is 123 cm³/mol. The molecular formula is C16H31N3O9Si4. The maximum absolute atomic E-state index is 13.0. The van der Waals surface area contributed by atoms with Gasteiger partial charge in [-0.25, -0.2) is 28.1 Å². The standard InChI is InChI=1S/C16H31N3O9Si4/c1-29-25-30(2)27-32(4,28-31(3)26-29)7-5-6-17-14(20)18(8-12-10-23-12)16(22)19(15(17)21)9-13-11-24-13/h12-13,29-31H,5-11H2,1-4H3. The molecule has 12 nitrogen and oxygen atoms in total. The highest BCUT2D eigenvalue weighted by Crippen LogP contribution is 2.22. The van der Waals surface area contributed by atoms with Crippen LogP contribution in [0.1, 0.15) is 6.42 Å². The first kappa shape index (κ1) is 24.2. The Morgan fingerprint density at radius 3 is 1.69 bits per heavy atom. The zero-order valence-corrected chi connectivity index (χ0v) is 23.3. The molecule has 1 aromatic rings. The first-order chi connectivity index (χ1) is 15.1. The Morgan fingerprint density at radius 2 is 1.25 bits per heavy atom. The van der Waals surface area contributed by atoms with E-state index in [-0.39, 0.29) is 31.8 Å². The number of nitrogens with zero attached hydrogens (tertiary/aromatic N) is 3. The van der Waals surface area contributed by atoms with Crippen molar-refractivity contribution in [1.29, 1.82) is 0 Å². The number of aromatic nitrogens is 3. The number of epoxide rings is 2. The zero-order valence-electron chi connectivity index (χ0n) is 18.9. The normalized spacial score (nSPS) is 34.7. The van der Waals surface area contributed by atoms with Crippen LogP contribution in [0.2, 0.25) is 32.2 Å². The Hall–Kier alpha value is -0.962. The largest absolute Gasteiger partial charge is 0.420 e. The fourth-order valence-corrected chi connectivity index (χ4v) is 18.7. The van der Waals surface area contributed by atoms with Gasteiger partial charge in [-0.1, -0.05) is 0 Å². The monoisotopic (exact) mass is 521 g/mol. The lowest BCUT2D eigenvalue weighted by molar-refractivity contribution is 0.272. The molecular weight excluding hydrogens is 491 g/mol. The quantitative estimate of drug-likeness (QED) is 0.283. The van der Waals surface area contributed by atoms with Crippen LogP contribution in [-0.4, -0.2) is 75.5 Å². The van der Waals surface area contributed by atoms with Crippen molar-refractivity contribution in [3.05, 3.63) is 31.5 Å². The Kier molecular flexibility index (Phi) is 7.34. The maximum atomic E-state index is 13.0.